The molecule has 29 heavy (non-hydrogen) atoms. The first-order valence-electron chi connectivity index (χ1n) is 8.69. The number of aromatic nitrogens is 1. The molecule has 1 heterocycles. The van der Waals surface area contributed by atoms with Crippen LogP contribution in [0.3, 0.4) is 0 Å². The van der Waals surface area contributed by atoms with Crippen molar-refractivity contribution >= 4 is 23.2 Å². The lowest BCUT2D eigenvalue weighted by Gasteiger charge is -2.17. The number of aliphatic imine (C=N–C) groups is 1. The Morgan fingerprint density at radius 1 is 1.28 bits per heavy atom. The first-order valence-corrected chi connectivity index (χ1v) is 9.57. The highest BCUT2D eigenvalue weighted by Crippen LogP contribution is 2.29. The van der Waals surface area contributed by atoms with E-state index in [4.69, 9.17) is 5.73 Å². The second-order valence-corrected chi connectivity index (χ2v) is 7.13. The molecule has 0 aliphatic rings. The highest BCUT2D eigenvalue weighted by Gasteiger charge is 2.33. The van der Waals surface area contributed by atoms with E-state index in [9.17, 15) is 22.4 Å². The number of rotatable bonds is 8. The minimum Gasteiger partial charge on any atom is -0.369 e. The smallest absolute Gasteiger partial charge is 0.369 e. The topological polar surface area (TPSA) is 92.4 Å². The summed E-state index contributed by atoms with van der Waals surface area (Å²) in [6, 6.07) is 5.79. The van der Waals surface area contributed by atoms with Crippen molar-refractivity contribution in [3.8, 4) is 0 Å². The van der Waals surface area contributed by atoms with Crippen LogP contribution in [-0.2, 0) is 23.8 Å². The van der Waals surface area contributed by atoms with Gasteiger partial charge < -0.3 is 16.4 Å². The number of thiazole rings is 1. The van der Waals surface area contributed by atoms with Gasteiger partial charge in [0.1, 0.15) is 5.82 Å². The summed E-state index contributed by atoms with van der Waals surface area (Å²) in [5.74, 6) is -1.05. The third kappa shape index (κ3) is 7.33. The first-order chi connectivity index (χ1) is 13.7. The second kappa shape index (κ2) is 10.2. The van der Waals surface area contributed by atoms with Crippen molar-refractivity contribution in [2.75, 3.05) is 20.1 Å². The van der Waals surface area contributed by atoms with Gasteiger partial charge in [-0.1, -0.05) is 12.1 Å². The number of nitrogens with zero attached hydrogens (tertiary/aromatic N) is 2. The van der Waals surface area contributed by atoms with Gasteiger partial charge in [-0.05, 0) is 24.1 Å². The Kier molecular flexibility index (Phi) is 7.94. The molecule has 0 aliphatic heterocycles. The SMILES string of the molecule is CN=C(NCCc1nc(C(F)(F)F)cs1)NCC(Cc1ccc(F)cc1)C(N)=O. The van der Waals surface area contributed by atoms with Crippen LogP contribution in [0.5, 0.6) is 0 Å². The molecule has 158 valence electrons. The van der Waals surface area contributed by atoms with Crippen LogP contribution in [0.4, 0.5) is 17.6 Å². The molecule has 4 N–H and O–H groups in total. The van der Waals surface area contributed by atoms with Crippen LogP contribution in [-0.4, -0.2) is 37.0 Å². The van der Waals surface area contributed by atoms with Crippen molar-refractivity contribution in [2.45, 2.75) is 19.0 Å². The Labute approximate surface area is 169 Å². The summed E-state index contributed by atoms with van der Waals surface area (Å²) in [6.45, 7) is 0.505. The number of benzene rings is 1. The summed E-state index contributed by atoms with van der Waals surface area (Å²) >= 11 is 0.941. The minimum absolute atomic E-state index is 0.196. The van der Waals surface area contributed by atoms with E-state index in [0.29, 0.717) is 23.9 Å². The fourth-order valence-corrected chi connectivity index (χ4v) is 3.27. The van der Waals surface area contributed by atoms with Crippen LogP contribution in [0.15, 0.2) is 34.6 Å². The van der Waals surface area contributed by atoms with E-state index in [1.807, 2.05) is 0 Å². The number of halogens is 4. The maximum absolute atomic E-state index is 13.0. The van der Waals surface area contributed by atoms with Crippen molar-refractivity contribution in [3.05, 3.63) is 51.7 Å². The fraction of sp³-hybridized carbons (Fsp3) is 0.389. The van der Waals surface area contributed by atoms with Crippen molar-refractivity contribution in [2.24, 2.45) is 16.6 Å². The molecule has 0 saturated heterocycles. The molecule has 0 fully saturated rings. The highest BCUT2D eigenvalue weighted by molar-refractivity contribution is 7.09. The summed E-state index contributed by atoms with van der Waals surface area (Å²) in [6.07, 6.45) is -3.83. The molecule has 0 radical (unpaired) electrons. The molecule has 2 rings (SSSR count). The van der Waals surface area contributed by atoms with Crippen LogP contribution in [0, 0.1) is 11.7 Å². The molecule has 2 aromatic rings. The van der Waals surface area contributed by atoms with Crippen molar-refractivity contribution in [1.82, 2.24) is 15.6 Å². The van der Waals surface area contributed by atoms with Crippen LogP contribution in [0.1, 0.15) is 16.3 Å². The monoisotopic (exact) mass is 431 g/mol. The second-order valence-electron chi connectivity index (χ2n) is 6.18. The van der Waals surface area contributed by atoms with Gasteiger partial charge in [-0.2, -0.15) is 13.2 Å². The maximum Gasteiger partial charge on any atom is 0.434 e. The summed E-state index contributed by atoms with van der Waals surface area (Å²) in [5, 5.41) is 7.25. The van der Waals surface area contributed by atoms with Crippen LogP contribution in [0.25, 0.3) is 0 Å². The minimum atomic E-state index is -4.45. The summed E-state index contributed by atoms with van der Waals surface area (Å²) in [5.41, 5.74) is 5.31. The number of primary amides is 1. The lowest BCUT2D eigenvalue weighted by Crippen LogP contribution is -2.43. The molecule has 1 aromatic carbocycles. The highest BCUT2D eigenvalue weighted by atomic mass is 32.1. The molecule has 6 nitrogen and oxygen atoms in total. The van der Waals surface area contributed by atoms with Crippen LogP contribution >= 0.6 is 11.3 Å². The van der Waals surface area contributed by atoms with E-state index in [-0.39, 0.29) is 18.8 Å². The molecule has 0 saturated carbocycles. The first kappa shape index (κ1) is 22.6. The lowest BCUT2D eigenvalue weighted by atomic mass is 9.98. The summed E-state index contributed by atoms with van der Waals surface area (Å²) in [7, 11) is 1.53. The number of hydrogen-bond acceptors (Lipinski definition) is 4. The molecule has 0 aliphatic carbocycles. The van der Waals surface area contributed by atoms with Crippen LogP contribution in [0.2, 0.25) is 0 Å². The number of carbonyl (C=O) groups is 1. The molecule has 0 bridgehead atoms. The average Bonchev–Trinajstić information content (AvgIpc) is 3.14. The molecule has 1 atom stereocenters. The quantitative estimate of drug-likeness (QED) is 0.340. The summed E-state index contributed by atoms with van der Waals surface area (Å²) in [4.78, 5) is 19.3. The predicted octanol–water partition coefficient (Wildman–Crippen LogP) is 2.35. The van der Waals surface area contributed by atoms with Crippen molar-refractivity contribution in [1.29, 1.82) is 0 Å². The zero-order valence-electron chi connectivity index (χ0n) is 15.6. The van der Waals surface area contributed by atoms with E-state index in [1.165, 1.54) is 19.2 Å². The van der Waals surface area contributed by atoms with Crippen molar-refractivity contribution in [3.63, 3.8) is 0 Å². The number of hydrogen-bond donors (Lipinski definition) is 3. The van der Waals surface area contributed by atoms with Crippen molar-refractivity contribution < 1.29 is 22.4 Å². The molecule has 11 heteroatoms. The number of carbonyl (C=O) groups excluding carboxylic acids is 1. The van der Waals surface area contributed by atoms with Gasteiger partial charge in [0.2, 0.25) is 5.91 Å². The number of amides is 1. The van der Waals surface area contributed by atoms with E-state index < -0.39 is 23.7 Å². The molecular formula is C18H21F4N5OS. The standard InChI is InChI=1S/C18H21F4N5OS/c1-24-17(25-7-6-15-27-14(10-29-15)18(20,21)22)26-9-12(16(23)28)8-11-2-4-13(19)5-3-11/h2-5,10,12H,6-9H2,1H3,(H2,23,28)(H2,24,25,26). The van der Waals surface area contributed by atoms with E-state index in [0.717, 1.165) is 22.3 Å². The van der Waals surface area contributed by atoms with Gasteiger partial charge in [0.25, 0.3) is 0 Å². The Morgan fingerprint density at radius 2 is 1.97 bits per heavy atom. The fourth-order valence-electron chi connectivity index (χ4n) is 2.46. The number of guanidine groups is 1. The molecular weight excluding hydrogens is 410 g/mol. The third-order valence-electron chi connectivity index (χ3n) is 4.01. The van der Waals surface area contributed by atoms with Gasteiger partial charge in [-0.25, -0.2) is 9.37 Å². The normalized spacial score (nSPS) is 13.2. The molecule has 1 aromatic heterocycles. The Morgan fingerprint density at radius 3 is 2.52 bits per heavy atom. The third-order valence-corrected chi connectivity index (χ3v) is 4.92. The van der Waals surface area contributed by atoms with Gasteiger partial charge in [0.15, 0.2) is 11.7 Å². The Balaban J connectivity index is 1.82. The molecule has 1 amide bonds. The van der Waals surface area contributed by atoms with E-state index in [1.54, 1.807) is 12.1 Å². The Hall–Kier alpha value is -2.69. The molecule has 1 unspecified atom stereocenters. The van der Waals surface area contributed by atoms with Gasteiger partial charge in [0, 0.05) is 31.9 Å². The predicted molar refractivity (Wildman–Crippen MR) is 103 cm³/mol. The summed E-state index contributed by atoms with van der Waals surface area (Å²) < 4.78 is 50.7. The van der Waals surface area contributed by atoms with Gasteiger partial charge in [0.05, 0.1) is 10.9 Å². The average molecular weight is 431 g/mol. The zero-order chi connectivity index (χ0) is 21.4. The molecule has 0 spiro atoms. The van der Waals surface area contributed by atoms with Gasteiger partial charge in [-0.15, -0.1) is 11.3 Å². The van der Waals surface area contributed by atoms with Crippen LogP contribution < -0.4 is 16.4 Å². The number of alkyl halides is 3. The van der Waals surface area contributed by atoms with E-state index in [2.05, 4.69) is 20.6 Å². The zero-order valence-corrected chi connectivity index (χ0v) is 16.4. The maximum atomic E-state index is 13.0. The van der Waals surface area contributed by atoms with Gasteiger partial charge in [-0.3, -0.25) is 9.79 Å². The Bertz CT molecular complexity index is 836. The largest absolute Gasteiger partial charge is 0.434 e. The van der Waals surface area contributed by atoms with Gasteiger partial charge >= 0.3 is 6.18 Å². The number of nitrogens with one attached hydrogen (secondary N) is 2. The van der Waals surface area contributed by atoms with E-state index >= 15 is 0 Å². The lowest BCUT2D eigenvalue weighted by molar-refractivity contribution is -0.140. The number of nitrogens with two attached hydrogens (primary N) is 1.